The van der Waals surface area contributed by atoms with E-state index in [1.54, 1.807) is 0 Å². The zero-order chi connectivity index (χ0) is 22.5. The Labute approximate surface area is 192 Å². The van der Waals surface area contributed by atoms with Crippen molar-refractivity contribution in [1.29, 1.82) is 0 Å². The molecule has 5 heteroatoms. The van der Waals surface area contributed by atoms with Gasteiger partial charge in [-0.1, -0.05) is 30.3 Å². The van der Waals surface area contributed by atoms with Crippen molar-refractivity contribution in [2.75, 3.05) is 23.3 Å². The summed E-state index contributed by atoms with van der Waals surface area (Å²) in [5.41, 5.74) is 8.39. The molecule has 1 aromatic heterocycles. The summed E-state index contributed by atoms with van der Waals surface area (Å²) in [4.78, 5) is 17.2. The number of H-pyrrole nitrogens is 1. The predicted molar refractivity (Wildman–Crippen MR) is 132 cm³/mol. The number of aromatic amines is 1. The molecule has 3 aromatic carbocycles. The lowest BCUT2D eigenvalue weighted by Gasteiger charge is -2.28. The summed E-state index contributed by atoms with van der Waals surface area (Å²) >= 11 is 0. The van der Waals surface area contributed by atoms with Gasteiger partial charge in [0, 0.05) is 54.3 Å². The van der Waals surface area contributed by atoms with Crippen LogP contribution in [0.15, 0.2) is 54.6 Å². The molecule has 0 bridgehead atoms. The monoisotopic (exact) mass is 439 g/mol. The molecule has 2 aliphatic rings. The molecule has 1 aliphatic carbocycles. The number of halogens is 1. The minimum absolute atomic E-state index is 0.0875. The number of anilines is 2. The van der Waals surface area contributed by atoms with Crippen molar-refractivity contribution >= 4 is 28.2 Å². The number of hydrogen-bond donors (Lipinski definition) is 2. The lowest BCUT2D eigenvalue weighted by Crippen LogP contribution is -2.29. The first-order valence-electron chi connectivity index (χ1n) is 11.7. The van der Waals surface area contributed by atoms with Gasteiger partial charge in [-0.2, -0.15) is 0 Å². The Kier molecular flexibility index (Phi) is 4.72. The van der Waals surface area contributed by atoms with Crippen LogP contribution in [0.3, 0.4) is 0 Å². The van der Waals surface area contributed by atoms with E-state index in [4.69, 9.17) is 0 Å². The second kappa shape index (κ2) is 7.77. The number of piperidine rings is 1. The van der Waals surface area contributed by atoms with Crippen molar-refractivity contribution in [3.05, 3.63) is 71.5 Å². The quantitative estimate of drug-likeness (QED) is 0.337. The third-order valence-electron chi connectivity index (χ3n) is 6.98. The molecular formula is C28H26FN3O. The van der Waals surface area contributed by atoms with Crippen LogP contribution >= 0.6 is 0 Å². The summed E-state index contributed by atoms with van der Waals surface area (Å²) in [5, 5.41) is 3.76. The van der Waals surface area contributed by atoms with Crippen molar-refractivity contribution in [3.8, 4) is 22.4 Å². The normalized spacial score (nSPS) is 14.9. The van der Waals surface area contributed by atoms with Crippen molar-refractivity contribution in [2.24, 2.45) is 0 Å². The Balaban J connectivity index is 1.34. The maximum atomic E-state index is 15.7. The topological polar surface area (TPSA) is 48.1 Å². The van der Waals surface area contributed by atoms with Gasteiger partial charge >= 0.3 is 0 Å². The Hall–Kier alpha value is -3.60. The fourth-order valence-electron chi connectivity index (χ4n) is 5.38. The van der Waals surface area contributed by atoms with Crippen molar-refractivity contribution in [2.45, 2.75) is 32.6 Å². The summed E-state index contributed by atoms with van der Waals surface area (Å²) in [7, 11) is 0. The van der Waals surface area contributed by atoms with Crippen LogP contribution in [0, 0.1) is 5.82 Å². The lowest BCUT2D eigenvalue weighted by atomic mass is 10.0. The summed E-state index contributed by atoms with van der Waals surface area (Å²) in [6.45, 7) is 3.70. The molecule has 1 fully saturated rings. The first-order valence-corrected chi connectivity index (χ1v) is 11.7. The second-order valence-electron chi connectivity index (χ2n) is 9.15. The molecule has 33 heavy (non-hydrogen) atoms. The van der Waals surface area contributed by atoms with Crippen LogP contribution in [0.2, 0.25) is 0 Å². The van der Waals surface area contributed by atoms with E-state index in [0.29, 0.717) is 11.1 Å². The molecule has 0 radical (unpaired) electrons. The Morgan fingerprint density at radius 1 is 0.970 bits per heavy atom. The number of rotatable bonds is 3. The average molecular weight is 440 g/mol. The van der Waals surface area contributed by atoms with Gasteiger partial charge in [0.05, 0.1) is 11.2 Å². The van der Waals surface area contributed by atoms with Crippen LogP contribution in [0.25, 0.3) is 33.3 Å². The van der Waals surface area contributed by atoms with Gasteiger partial charge in [-0.15, -0.1) is 0 Å². The van der Waals surface area contributed by atoms with Gasteiger partial charge in [0.2, 0.25) is 5.91 Å². The second-order valence-corrected chi connectivity index (χ2v) is 9.15. The van der Waals surface area contributed by atoms with Gasteiger partial charge in [0.15, 0.2) is 5.82 Å². The Morgan fingerprint density at radius 3 is 2.48 bits per heavy atom. The van der Waals surface area contributed by atoms with Gasteiger partial charge in [-0.25, -0.2) is 4.39 Å². The zero-order valence-electron chi connectivity index (χ0n) is 18.7. The van der Waals surface area contributed by atoms with E-state index >= 15 is 4.39 Å². The number of fused-ring (bicyclic) bond motifs is 5. The molecule has 0 atom stereocenters. The molecule has 2 N–H and O–H groups in total. The SMILES string of the molecule is CC(=O)Nc1ccc2c(c1)Cc1c-2[nH]c2c(F)c(-c3ccc(N4CCCCC4)cc3)ccc12. The highest BCUT2D eigenvalue weighted by Gasteiger charge is 2.25. The minimum atomic E-state index is -0.205. The first kappa shape index (κ1) is 20.0. The fraction of sp³-hybridized carbons (Fsp3) is 0.250. The van der Waals surface area contributed by atoms with Crippen LogP contribution in [0.4, 0.5) is 15.8 Å². The molecule has 6 rings (SSSR count). The lowest BCUT2D eigenvalue weighted by molar-refractivity contribution is -0.114. The maximum absolute atomic E-state index is 15.7. The van der Waals surface area contributed by atoms with Gasteiger partial charge in [0.1, 0.15) is 0 Å². The van der Waals surface area contributed by atoms with E-state index in [2.05, 4.69) is 27.3 Å². The van der Waals surface area contributed by atoms with Crippen LogP contribution in [-0.4, -0.2) is 24.0 Å². The molecule has 1 amide bonds. The number of hydrogen-bond acceptors (Lipinski definition) is 2. The highest BCUT2D eigenvalue weighted by molar-refractivity contribution is 5.97. The number of carbonyl (C=O) groups is 1. The zero-order valence-corrected chi connectivity index (χ0v) is 18.7. The predicted octanol–water partition coefficient (Wildman–Crippen LogP) is 6.49. The van der Waals surface area contributed by atoms with Gasteiger partial charge < -0.3 is 15.2 Å². The highest BCUT2D eigenvalue weighted by Crippen LogP contribution is 2.43. The molecule has 1 saturated heterocycles. The first-order chi connectivity index (χ1) is 16.1. The summed E-state index contributed by atoms with van der Waals surface area (Å²) < 4.78 is 15.7. The summed E-state index contributed by atoms with van der Waals surface area (Å²) in [6, 6.07) is 18.1. The number of amides is 1. The molecule has 4 nitrogen and oxygen atoms in total. The molecule has 1 aliphatic heterocycles. The Morgan fingerprint density at radius 2 is 1.73 bits per heavy atom. The van der Waals surface area contributed by atoms with Crippen molar-refractivity contribution in [1.82, 2.24) is 4.98 Å². The van der Waals surface area contributed by atoms with Crippen LogP contribution < -0.4 is 10.2 Å². The van der Waals surface area contributed by atoms with Gasteiger partial charge in [-0.05, 0) is 60.2 Å². The summed E-state index contributed by atoms with van der Waals surface area (Å²) in [5.74, 6) is -0.292. The third-order valence-corrected chi connectivity index (χ3v) is 6.98. The van der Waals surface area contributed by atoms with Gasteiger partial charge in [0.25, 0.3) is 0 Å². The third kappa shape index (κ3) is 3.39. The van der Waals surface area contributed by atoms with E-state index in [1.807, 2.05) is 42.5 Å². The maximum Gasteiger partial charge on any atom is 0.221 e. The molecule has 0 unspecified atom stereocenters. The number of nitrogens with one attached hydrogen (secondary N) is 2. The molecule has 2 heterocycles. The number of benzene rings is 3. The molecule has 0 saturated carbocycles. The fourth-order valence-corrected chi connectivity index (χ4v) is 5.38. The number of carbonyl (C=O) groups excluding carboxylic acids is 1. The van der Waals surface area contributed by atoms with Crippen molar-refractivity contribution < 1.29 is 9.18 Å². The van der Waals surface area contributed by atoms with Crippen LogP contribution in [0.5, 0.6) is 0 Å². The van der Waals surface area contributed by atoms with Crippen molar-refractivity contribution in [3.63, 3.8) is 0 Å². The molecule has 166 valence electrons. The standard InChI is InChI=1S/C28H26FN3O/c1-17(33)30-20-7-10-23-19(15-20)16-25-24-12-11-22(26(29)28(24)31-27(23)25)18-5-8-21(9-6-18)32-13-3-2-4-14-32/h5-12,15,31H,2-4,13-14,16H2,1H3,(H,30,33). The summed E-state index contributed by atoms with van der Waals surface area (Å²) in [6.07, 6.45) is 4.51. The van der Waals surface area contributed by atoms with E-state index in [-0.39, 0.29) is 11.7 Å². The van der Waals surface area contributed by atoms with E-state index in [9.17, 15) is 4.79 Å². The molecule has 4 aromatic rings. The average Bonchev–Trinajstić information content (AvgIpc) is 3.36. The van der Waals surface area contributed by atoms with E-state index < -0.39 is 0 Å². The minimum Gasteiger partial charge on any atom is -0.372 e. The smallest absolute Gasteiger partial charge is 0.221 e. The van der Waals surface area contributed by atoms with E-state index in [1.165, 1.54) is 31.9 Å². The Bertz CT molecular complexity index is 1380. The molecular weight excluding hydrogens is 413 g/mol. The van der Waals surface area contributed by atoms with E-state index in [0.717, 1.165) is 58.5 Å². The molecule has 0 spiro atoms. The largest absolute Gasteiger partial charge is 0.372 e. The van der Waals surface area contributed by atoms with Crippen LogP contribution in [-0.2, 0) is 11.2 Å². The number of aromatic nitrogens is 1. The number of nitrogens with zero attached hydrogens (tertiary/aromatic N) is 1. The highest BCUT2D eigenvalue weighted by atomic mass is 19.1. The van der Waals surface area contributed by atoms with Gasteiger partial charge in [-0.3, -0.25) is 4.79 Å². The van der Waals surface area contributed by atoms with Crippen LogP contribution in [0.1, 0.15) is 37.3 Å².